The Morgan fingerprint density at radius 3 is 2.44 bits per heavy atom. The smallest absolute Gasteiger partial charge is 0.338 e. The number of ether oxygens (including phenoxy) is 2. The van der Waals surface area contributed by atoms with Gasteiger partial charge in [0.2, 0.25) is 0 Å². The van der Waals surface area contributed by atoms with Crippen LogP contribution in [0.15, 0.2) is 40.9 Å². The van der Waals surface area contributed by atoms with E-state index in [0.29, 0.717) is 17.4 Å². The van der Waals surface area contributed by atoms with Gasteiger partial charge in [0.05, 0.1) is 17.9 Å². The highest BCUT2D eigenvalue weighted by Gasteiger charge is 2.13. The van der Waals surface area contributed by atoms with Crippen molar-refractivity contribution in [1.29, 1.82) is 0 Å². The van der Waals surface area contributed by atoms with E-state index in [-0.39, 0.29) is 23.4 Å². The zero-order valence-electron chi connectivity index (χ0n) is 13.1. The maximum atomic E-state index is 13.6. The molecule has 0 saturated heterocycles. The zero-order chi connectivity index (χ0) is 18.4. The van der Waals surface area contributed by atoms with Crippen LogP contribution in [0, 0.1) is 11.6 Å². The second kappa shape index (κ2) is 8.57. The Hall–Kier alpha value is -2.48. The van der Waals surface area contributed by atoms with E-state index in [1.807, 2.05) is 0 Å². The van der Waals surface area contributed by atoms with Crippen LogP contribution in [0.3, 0.4) is 0 Å². The van der Waals surface area contributed by atoms with E-state index in [1.54, 1.807) is 6.92 Å². The number of hydrogen-bond acceptors (Lipinski definition) is 4. The molecular formula is C17H14BrF2NO4. The molecule has 5 nitrogen and oxygen atoms in total. The highest BCUT2D eigenvalue weighted by molar-refractivity contribution is 9.10. The average Bonchev–Trinajstić information content (AvgIpc) is 2.57. The number of esters is 1. The third-order valence-electron chi connectivity index (χ3n) is 3.01. The van der Waals surface area contributed by atoms with E-state index < -0.39 is 23.5 Å². The summed E-state index contributed by atoms with van der Waals surface area (Å²) in [5.74, 6) is -2.40. The molecule has 0 radical (unpaired) electrons. The molecule has 0 heterocycles. The van der Waals surface area contributed by atoms with Crippen LogP contribution in [0.4, 0.5) is 14.5 Å². The fourth-order valence-corrected chi connectivity index (χ4v) is 2.39. The first-order valence-corrected chi connectivity index (χ1v) is 8.04. The van der Waals surface area contributed by atoms with Crippen LogP contribution in [0.5, 0.6) is 5.75 Å². The molecule has 132 valence electrons. The van der Waals surface area contributed by atoms with Crippen molar-refractivity contribution in [1.82, 2.24) is 0 Å². The molecule has 8 heteroatoms. The fraction of sp³-hybridized carbons (Fsp3) is 0.176. The van der Waals surface area contributed by atoms with Gasteiger partial charge in [-0.05, 0) is 53.2 Å². The molecule has 0 aliphatic carbocycles. The lowest BCUT2D eigenvalue weighted by Gasteiger charge is -2.10. The van der Waals surface area contributed by atoms with E-state index in [9.17, 15) is 18.4 Å². The number of benzene rings is 2. The highest BCUT2D eigenvalue weighted by atomic mass is 79.9. The van der Waals surface area contributed by atoms with Crippen LogP contribution in [-0.2, 0) is 9.53 Å². The minimum Gasteiger partial charge on any atom is -0.484 e. The lowest BCUT2D eigenvalue weighted by atomic mass is 10.2. The average molecular weight is 414 g/mol. The van der Waals surface area contributed by atoms with Gasteiger partial charge in [0, 0.05) is 10.5 Å². The van der Waals surface area contributed by atoms with Gasteiger partial charge < -0.3 is 14.8 Å². The number of hydrogen-bond donors (Lipinski definition) is 1. The first-order chi connectivity index (χ1) is 11.9. The molecule has 1 amide bonds. The van der Waals surface area contributed by atoms with Crippen molar-refractivity contribution in [3.63, 3.8) is 0 Å². The first-order valence-electron chi connectivity index (χ1n) is 7.25. The lowest BCUT2D eigenvalue weighted by molar-refractivity contribution is -0.118. The van der Waals surface area contributed by atoms with Crippen molar-refractivity contribution in [2.45, 2.75) is 6.92 Å². The molecule has 1 N–H and O–H groups in total. The summed E-state index contributed by atoms with van der Waals surface area (Å²) < 4.78 is 36.9. The van der Waals surface area contributed by atoms with E-state index in [0.717, 1.165) is 6.07 Å². The molecular weight excluding hydrogens is 400 g/mol. The number of carbonyl (C=O) groups is 2. The Morgan fingerprint density at radius 2 is 1.84 bits per heavy atom. The van der Waals surface area contributed by atoms with Crippen LogP contribution < -0.4 is 10.1 Å². The van der Waals surface area contributed by atoms with Gasteiger partial charge in [0.15, 0.2) is 12.4 Å². The van der Waals surface area contributed by atoms with Crippen molar-refractivity contribution >= 4 is 33.5 Å². The first kappa shape index (κ1) is 18.9. The number of rotatable bonds is 6. The molecule has 0 aromatic heterocycles. The Bertz CT molecular complexity index is 758. The van der Waals surface area contributed by atoms with Crippen molar-refractivity contribution in [3.05, 3.63) is 58.1 Å². The standard InChI is InChI=1S/C17H14BrF2NO4/c1-2-24-17(23)10-3-5-12(6-4-10)25-9-15(22)21-16-13(18)7-11(19)8-14(16)20/h3-8H,2,9H2,1H3,(H,21,22). The van der Waals surface area contributed by atoms with Crippen LogP contribution >= 0.6 is 15.9 Å². The minimum absolute atomic E-state index is 0.0807. The molecule has 2 rings (SSSR count). The van der Waals surface area contributed by atoms with E-state index in [2.05, 4.69) is 21.2 Å². The molecule has 0 aliphatic heterocycles. The molecule has 2 aromatic carbocycles. The number of anilines is 1. The van der Waals surface area contributed by atoms with Crippen molar-refractivity contribution < 1.29 is 27.8 Å². The Balaban J connectivity index is 1.93. The van der Waals surface area contributed by atoms with Gasteiger partial charge in [0.1, 0.15) is 11.6 Å². The molecule has 0 spiro atoms. The van der Waals surface area contributed by atoms with Gasteiger partial charge in [-0.1, -0.05) is 0 Å². The van der Waals surface area contributed by atoms with Crippen LogP contribution in [-0.4, -0.2) is 25.1 Å². The normalized spacial score (nSPS) is 10.2. The van der Waals surface area contributed by atoms with E-state index >= 15 is 0 Å². The van der Waals surface area contributed by atoms with Crippen molar-refractivity contribution in [2.75, 3.05) is 18.5 Å². The molecule has 25 heavy (non-hydrogen) atoms. The SMILES string of the molecule is CCOC(=O)c1ccc(OCC(=O)Nc2c(F)cc(F)cc2Br)cc1. The van der Waals surface area contributed by atoms with Crippen LogP contribution in [0.2, 0.25) is 0 Å². The second-order valence-electron chi connectivity index (χ2n) is 4.83. The van der Waals surface area contributed by atoms with Crippen LogP contribution in [0.25, 0.3) is 0 Å². The monoisotopic (exact) mass is 413 g/mol. The summed E-state index contributed by atoms with van der Waals surface area (Å²) >= 11 is 2.98. The molecule has 0 saturated carbocycles. The summed E-state index contributed by atoms with van der Waals surface area (Å²) in [5, 5.41) is 2.30. The third-order valence-corrected chi connectivity index (χ3v) is 3.63. The summed E-state index contributed by atoms with van der Waals surface area (Å²) in [5.41, 5.74) is 0.184. The molecule has 0 unspecified atom stereocenters. The third kappa shape index (κ3) is 5.25. The summed E-state index contributed by atoms with van der Waals surface area (Å²) in [4.78, 5) is 23.4. The Kier molecular flexibility index (Phi) is 6.46. The van der Waals surface area contributed by atoms with Gasteiger partial charge in [-0.3, -0.25) is 4.79 Å². The molecule has 0 bridgehead atoms. The number of carbonyl (C=O) groups excluding carboxylic acids is 2. The minimum atomic E-state index is -0.904. The zero-order valence-corrected chi connectivity index (χ0v) is 14.7. The second-order valence-corrected chi connectivity index (χ2v) is 5.68. The van der Waals surface area contributed by atoms with E-state index in [4.69, 9.17) is 9.47 Å². The quantitative estimate of drug-likeness (QED) is 0.728. The fourth-order valence-electron chi connectivity index (χ4n) is 1.89. The van der Waals surface area contributed by atoms with Gasteiger partial charge in [0.25, 0.3) is 5.91 Å². The van der Waals surface area contributed by atoms with E-state index in [1.165, 1.54) is 24.3 Å². The molecule has 0 fully saturated rings. The maximum Gasteiger partial charge on any atom is 0.338 e. The summed E-state index contributed by atoms with van der Waals surface area (Å²) in [6.07, 6.45) is 0. The molecule has 0 aliphatic rings. The van der Waals surface area contributed by atoms with Crippen molar-refractivity contribution in [2.24, 2.45) is 0 Å². The maximum absolute atomic E-state index is 13.6. The lowest BCUT2D eigenvalue weighted by Crippen LogP contribution is -2.21. The number of halogens is 3. The van der Waals surface area contributed by atoms with Crippen LogP contribution in [0.1, 0.15) is 17.3 Å². The largest absolute Gasteiger partial charge is 0.484 e. The summed E-state index contributed by atoms with van der Waals surface area (Å²) in [6.45, 7) is 1.59. The van der Waals surface area contributed by atoms with Gasteiger partial charge in [-0.2, -0.15) is 0 Å². The predicted molar refractivity (Wildman–Crippen MR) is 90.6 cm³/mol. The topological polar surface area (TPSA) is 64.6 Å². The molecule has 0 atom stereocenters. The van der Waals surface area contributed by atoms with Gasteiger partial charge in [-0.15, -0.1) is 0 Å². The number of nitrogens with one attached hydrogen (secondary N) is 1. The van der Waals surface area contributed by atoms with Crippen molar-refractivity contribution in [3.8, 4) is 5.75 Å². The van der Waals surface area contributed by atoms with Gasteiger partial charge >= 0.3 is 5.97 Å². The summed E-state index contributed by atoms with van der Waals surface area (Å²) in [7, 11) is 0. The predicted octanol–water partition coefficient (Wildman–Crippen LogP) is 3.92. The molecule has 2 aromatic rings. The highest BCUT2D eigenvalue weighted by Crippen LogP contribution is 2.26. The number of amides is 1. The summed E-state index contributed by atoms with van der Waals surface area (Å²) in [6, 6.07) is 7.72. The Labute approximate surface area is 151 Å². The van der Waals surface area contributed by atoms with Gasteiger partial charge in [-0.25, -0.2) is 13.6 Å². The Morgan fingerprint density at radius 1 is 1.16 bits per heavy atom.